The Hall–Kier alpha value is -1.75. The van der Waals surface area contributed by atoms with Gasteiger partial charge in [-0.1, -0.05) is 13.8 Å². The molecule has 19 heavy (non-hydrogen) atoms. The van der Waals surface area contributed by atoms with Crippen LogP contribution in [0.5, 0.6) is 11.5 Å². The molecule has 0 fully saturated rings. The van der Waals surface area contributed by atoms with Gasteiger partial charge < -0.3 is 20.5 Å². The van der Waals surface area contributed by atoms with Gasteiger partial charge in [-0.3, -0.25) is 4.79 Å². The van der Waals surface area contributed by atoms with Gasteiger partial charge in [0, 0.05) is 6.07 Å². The van der Waals surface area contributed by atoms with E-state index in [4.69, 9.17) is 15.2 Å². The summed E-state index contributed by atoms with van der Waals surface area (Å²) < 4.78 is 10.3. The van der Waals surface area contributed by atoms with E-state index in [1.165, 1.54) is 0 Å². The number of carbonyl (C=O) groups is 1. The SMILES string of the molecule is COc1ccc(OC)c(NC(=O)C(N)CC(C)C)c1. The molecule has 1 aromatic carbocycles. The number of ether oxygens (including phenoxy) is 2. The minimum atomic E-state index is -0.532. The Morgan fingerprint density at radius 3 is 2.53 bits per heavy atom. The van der Waals surface area contributed by atoms with Gasteiger partial charge in [0.05, 0.1) is 25.9 Å². The van der Waals surface area contributed by atoms with Crippen molar-refractivity contribution in [2.24, 2.45) is 11.7 Å². The molecule has 3 N–H and O–H groups in total. The molecule has 0 aliphatic heterocycles. The Morgan fingerprint density at radius 1 is 1.32 bits per heavy atom. The van der Waals surface area contributed by atoms with Crippen LogP contribution in [0.2, 0.25) is 0 Å². The van der Waals surface area contributed by atoms with Gasteiger partial charge in [-0.05, 0) is 24.5 Å². The van der Waals surface area contributed by atoms with E-state index in [9.17, 15) is 4.79 Å². The van der Waals surface area contributed by atoms with E-state index in [2.05, 4.69) is 5.32 Å². The summed E-state index contributed by atoms with van der Waals surface area (Å²) in [4.78, 5) is 12.0. The Bertz CT molecular complexity index is 433. The topological polar surface area (TPSA) is 73.6 Å². The summed E-state index contributed by atoms with van der Waals surface area (Å²) in [6.07, 6.45) is 0.637. The molecule has 1 unspecified atom stereocenters. The summed E-state index contributed by atoms with van der Waals surface area (Å²) in [7, 11) is 3.11. The number of nitrogens with one attached hydrogen (secondary N) is 1. The third-order valence-corrected chi connectivity index (χ3v) is 2.73. The van der Waals surface area contributed by atoms with Crippen LogP contribution in [-0.2, 0) is 4.79 Å². The van der Waals surface area contributed by atoms with E-state index in [0.29, 0.717) is 29.5 Å². The fourth-order valence-corrected chi connectivity index (χ4v) is 1.75. The number of benzene rings is 1. The number of carbonyl (C=O) groups excluding carboxylic acids is 1. The van der Waals surface area contributed by atoms with Gasteiger partial charge in [0.15, 0.2) is 0 Å². The van der Waals surface area contributed by atoms with Crippen LogP contribution in [0.3, 0.4) is 0 Å². The Labute approximate surface area is 114 Å². The van der Waals surface area contributed by atoms with Crippen LogP contribution in [0.15, 0.2) is 18.2 Å². The number of methoxy groups -OCH3 is 2. The molecule has 5 nitrogen and oxygen atoms in total. The summed E-state index contributed by atoms with van der Waals surface area (Å²) in [5.41, 5.74) is 6.41. The van der Waals surface area contributed by atoms with Gasteiger partial charge in [0.2, 0.25) is 5.91 Å². The molecule has 0 heterocycles. The Kier molecular flexibility index (Phi) is 5.63. The highest BCUT2D eigenvalue weighted by Crippen LogP contribution is 2.29. The lowest BCUT2D eigenvalue weighted by molar-refractivity contribution is -0.117. The molecule has 5 heteroatoms. The zero-order chi connectivity index (χ0) is 14.4. The van der Waals surface area contributed by atoms with Crippen molar-refractivity contribution in [2.75, 3.05) is 19.5 Å². The molecule has 1 rings (SSSR count). The van der Waals surface area contributed by atoms with Gasteiger partial charge in [-0.15, -0.1) is 0 Å². The van der Waals surface area contributed by atoms with Crippen molar-refractivity contribution in [3.8, 4) is 11.5 Å². The normalized spacial score (nSPS) is 12.1. The molecule has 0 aromatic heterocycles. The average Bonchev–Trinajstić information content (AvgIpc) is 2.37. The van der Waals surface area contributed by atoms with Gasteiger partial charge in [-0.2, -0.15) is 0 Å². The highest BCUT2D eigenvalue weighted by atomic mass is 16.5. The highest BCUT2D eigenvalue weighted by Gasteiger charge is 2.17. The van der Waals surface area contributed by atoms with Crippen molar-refractivity contribution in [1.82, 2.24) is 0 Å². The molecule has 0 saturated carbocycles. The fourth-order valence-electron chi connectivity index (χ4n) is 1.75. The molecule has 0 saturated heterocycles. The zero-order valence-electron chi connectivity index (χ0n) is 11.9. The summed E-state index contributed by atoms with van der Waals surface area (Å²) in [6, 6.07) is 4.68. The van der Waals surface area contributed by atoms with Crippen LogP contribution in [0.25, 0.3) is 0 Å². The van der Waals surface area contributed by atoms with Crippen molar-refractivity contribution < 1.29 is 14.3 Å². The number of rotatable bonds is 6. The van der Waals surface area contributed by atoms with E-state index in [0.717, 1.165) is 0 Å². The number of anilines is 1. The van der Waals surface area contributed by atoms with Gasteiger partial charge in [0.25, 0.3) is 0 Å². The van der Waals surface area contributed by atoms with Gasteiger partial charge in [0.1, 0.15) is 11.5 Å². The maximum Gasteiger partial charge on any atom is 0.241 e. The smallest absolute Gasteiger partial charge is 0.241 e. The largest absolute Gasteiger partial charge is 0.497 e. The monoisotopic (exact) mass is 266 g/mol. The lowest BCUT2D eigenvalue weighted by Gasteiger charge is -2.16. The molecule has 1 atom stereocenters. The minimum Gasteiger partial charge on any atom is -0.497 e. The second-order valence-electron chi connectivity index (χ2n) is 4.79. The summed E-state index contributed by atoms with van der Waals surface area (Å²) in [5, 5.41) is 2.77. The predicted octanol–water partition coefficient (Wildman–Crippen LogP) is 2.02. The third kappa shape index (κ3) is 4.44. The van der Waals surface area contributed by atoms with Crippen molar-refractivity contribution in [2.45, 2.75) is 26.3 Å². The molecule has 0 aliphatic carbocycles. The maximum absolute atomic E-state index is 12.0. The van der Waals surface area contributed by atoms with E-state index in [1.54, 1.807) is 32.4 Å². The number of nitrogens with two attached hydrogens (primary N) is 1. The van der Waals surface area contributed by atoms with Crippen LogP contribution in [0.1, 0.15) is 20.3 Å². The molecular formula is C14H22N2O3. The van der Waals surface area contributed by atoms with Crippen molar-refractivity contribution in [3.05, 3.63) is 18.2 Å². The quantitative estimate of drug-likeness (QED) is 0.826. The first-order valence-electron chi connectivity index (χ1n) is 6.26. The average molecular weight is 266 g/mol. The van der Waals surface area contributed by atoms with E-state index in [1.807, 2.05) is 13.8 Å². The summed E-state index contributed by atoms with van der Waals surface area (Å²) >= 11 is 0. The fraction of sp³-hybridized carbons (Fsp3) is 0.500. The maximum atomic E-state index is 12.0. The predicted molar refractivity (Wildman–Crippen MR) is 75.6 cm³/mol. The highest BCUT2D eigenvalue weighted by molar-refractivity contribution is 5.96. The lowest BCUT2D eigenvalue weighted by Crippen LogP contribution is -2.36. The number of hydrogen-bond donors (Lipinski definition) is 2. The molecule has 106 valence electrons. The van der Waals surface area contributed by atoms with Gasteiger partial charge >= 0.3 is 0 Å². The summed E-state index contributed by atoms with van der Waals surface area (Å²) in [5.74, 6) is 1.37. The van der Waals surface area contributed by atoms with E-state index >= 15 is 0 Å². The van der Waals surface area contributed by atoms with Crippen molar-refractivity contribution >= 4 is 11.6 Å². The first-order chi connectivity index (χ1) is 8.97. The molecular weight excluding hydrogens is 244 g/mol. The van der Waals surface area contributed by atoms with Crippen molar-refractivity contribution in [3.63, 3.8) is 0 Å². The summed E-state index contributed by atoms with van der Waals surface area (Å²) in [6.45, 7) is 4.05. The van der Waals surface area contributed by atoms with Crippen LogP contribution in [0.4, 0.5) is 5.69 Å². The van der Waals surface area contributed by atoms with Crippen LogP contribution < -0.4 is 20.5 Å². The van der Waals surface area contributed by atoms with Crippen molar-refractivity contribution in [1.29, 1.82) is 0 Å². The Morgan fingerprint density at radius 2 is 2.00 bits per heavy atom. The molecule has 0 aliphatic rings. The van der Waals surface area contributed by atoms with E-state index in [-0.39, 0.29) is 5.91 Å². The van der Waals surface area contributed by atoms with Crippen LogP contribution >= 0.6 is 0 Å². The lowest BCUT2D eigenvalue weighted by atomic mass is 10.0. The first kappa shape index (κ1) is 15.3. The van der Waals surface area contributed by atoms with Crippen LogP contribution in [-0.4, -0.2) is 26.2 Å². The number of amides is 1. The molecule has 0 spiro atoms. The second kappa shape index (κ2) is 6.99. The van der Waals surface area contributed by atoms with Gasteiger partial charge in [-0.25, -0.2) is 0 Å². The third-order valence-electron chi connectivity index (χ3n) is 2.73. The molecule has 1 amide bonds. The number of hydrogen-bond acceptors (Lipinski definition) is 4. The Balaban J connectivity index is 2.82. The first-order valence-corrected chi connectivity index (χ1v) is 6.26. The van der Waals surface area contributed by atoms with Crippen LogP contribution in [0, 0.1) is 5.92 Å². The van der Waals surface area contributed by atoms with E-state index < -0.39 is 6.04 Å². The minimum absolute atomic E-state index is 0.222. The standard InChI is InChI=1S/C14H22N2O3/c1-9(2)7-11(15)14(17)16-12-8-10(18-3)5-6-13(12)19-4/h5-6,8-9,11H,7,15H2,1-4H3,(H,16,17). The second-order valence-corrected chi connectivity index (χ2v) is 4.79. The molecule has 0 radical (unpaired) electrons. The zero-order valence-corrected chi connectivity index (χ0v) is 11.9. The molecule has 0 bridgehead atoms. The molecule has 1 aromatic rings.